The van der Waals surface area contributed by atoms with Gasteiger partial charge >= 0.3 is 5.97 Å². The van der Waals surface area contributed by atoms with Crippen molar-refractivity contribution < 1.29 is 14.6 Å². The monoisotopic (exact) mass is 246 g/mol. The first-order chi connectivity index (χ1) is 7.19. The molecule has 0 aliphatic carbocycles. The van der Waals surface area contributed by atoms with E-state index in [-0.39, 0.29) is 11.5 Å². The Hall–Kier alpha value is -1.00. The first kappa shape index (κ1) is 12.1. The summed E-state index contributed by atoms with van der Waals surface area (Å²) in [5.41, 5.74) is 1.34. The molecule has 0 bridgehead atoms. The molecule has 1 N–H and O–H groups in total. The standard InChI is InChI=1S/C10H11ClO3S/c1-2-7-6-8(14-5-3-4-11)9(15-7)10(12)13/h3-4,6H,2,5H2,1H3,(H,12,13). The summed E-state index contributed by atoms with van der Waals surface area (Å²) >= 11 is 6.57. The van der Waals surface area contributed by atoms with E-state index in [4.69, 9.17) is 21.4 Å². The smallest absolute Gasteiger partial charge is 0.349 e. The number of carbonyl (C=O) groups is 1. The molecular formula is C10H11ClO3S. The zero-order valence-electron chi connectivity index (χ0n) is 8.20. The van der Waals surface area contributed by atoms with E-state index in [9.17, 15) is 4.79 Å². The number of thiophene rings is 1. The number of ether oxygens (including phenoxy) is 1. The number of aromatic carboxylic acids is 1. The molecule has 0 aromatic carbocycles. The highest BCUT2D eigenvalue weighted by Crippen LogP contribution is 2.29. The Balaban J connectivity index is 2.83. The molecule has 0 amide bonds. The second-order valence-electron chi connectivity index (χ2n) is 2.74. The maximum atomic E-state index is 10.9. The van der Waals surface area contributed by atoms with Crippen LogP contribution in [0.2, 0.25) is 0 Å². The molecule has 82 valence electrons. The van der Waals surface area contributed by atoms with Gasteiger partial charge in [0.2, 0.25) is 0 Å². The number of rotatable bonds is 5. The summed E-state index contributed by atoms with van der Waals surface area (Å²) in [6, 6.07) is 1.76. The van der Waals surface area contributed by atoms with Crippen LogP contribution >= 0.6 is 22.9 Å². The van der Waals surface area contributed by atoms with Crippen molar-refractivity contribution >= 4 is 28.9 Å². The highest BCUT2D eigenvalue weighted by molar-refractivity contribution is 7.14. The molecule has 15 heavy (non-hydrogen) atoms. The van der Waals surface area contributed by atoms with Crippen molar-refractivity contribution in [2.45, 2.75) is 13.3 Å². The number of carboxylic acid groups (broad SMARTS) is 1. The Morgan fingerprint density at radius 1 is 1.73 bits per heavy atom. The molecule has 0 spiro atoms. The SMILES string of the molecule is CCc1cc(OCC=CCl)c(C(=O)O)s1. The second kappa shape index (κ2) is 5.78. The van der Waals surface area contributed by atoms with Gasteiger partial charge < -0.3 is 9.84 Å². The molecule has 1 rings (SSSR count). The van der Waals surface area contributed by atoms with Crippen LogP contribution in [-0.2, 0) is 6.42 Å². The normalized spacial score (nSPS) is 10.8. The Morgan fingerprint density at radius 3 is 3.00 bits per heavy atom. The molecule has 0 saturated heterocycles. The number of halogens is 1. The quantitative estimate of drug-likeness (QED) is 0.868. The third kappa shape index (κ3) is 3.25. The fourth-order valence-corrected chi connectivity index (χ4v) is 1.98. The maximum absolute atomic E-state index is 10.9. The van der Waals surface area contributed by atoms with Crippen molar-refractivity contribution in [1.29, 1.82) is 0 Å². The topological polar surface area (TPSA) is 46.5 Å². The van der Waals surface area contributed by atoms with Gasteiger partial charge in [0.15, 0.2) is 4.88 Å². The number of hydrogen-bond donors (Lipinski definition) is 1. The van der Waals surface area contributed by atoms with Gasteiger partial charge in [-0.15, -0.1) is 11.3 Å². The van der Waals surface area contributed by atoms with Crippen LogP contribution in [0.25, 0.3) is 0 Å². The summed E-state index contributed by atoms with van der Waals surface area (Å²) in [4.78, 5) is 12.1. The highest BCUT2D eigenvalue weighted by atomic mass is 35.5. The summed E-state index contributed by atoms with van der Waals surface area (Å²) in [5, 5.41) is 8.92. The van der Waals surface area contributed by atoms with Crippen molar-refractivity contribution in [2.24, 2.45) is 0 Å². The van der Waals surface area contributed by atoms with Crippen molar-refractivity contribution in [1.82, 2.24) is 0 Å². The molecule has 1 heterocycles. The summed E-state index contributed by atoms with van der Waals surface area (Å²) in [7, 11) is 0. The molecule has 0 fully saturated rings. The van der Waals surface area contributed by atoms with Crippen molar-refractivity contribution in [2.75, 3.05) is 6.61 Å². The third-order valence-corrected chi connectivity index (χ3v) is 3.14. The lowest BCUT2D eigenvalue weighted by atomic mass is 10.3. The highest BCUT2D eigenvalue weighted by Gasteiger charge is 2.15. The van der Waals surface area contributed by atoms with Crippen molar-refractivity contribution in [3.8, 4) is 5.75 Å². The average Bonchev–Trinajstić information content (AvgIpc) is 2.62. The zero-order valence-corrected chi connectivity index (χ0v) is 9.77. The molecule has 0 atom stereocenters. The van der Waals surface area contributed by atoms with E-state index in [1.807, 2.05) is 6.92 Å². The summed E-state index contributed by atoms with van der Waals surface area (Å²) in [6.45, 7) is 2.25. The van der Waals surface area contributed by atoms with Crippen LogP contribution in [-0.4, -0.2) is 17.7 Å². The molecule has 3 nitrogen and oxygen atoms in total. The summed E-state index contributed by atoms with van der Waals surface area (Å²) < 4.78 is 5.28. The Bertz CT molecular complexity index is 371. The van der Waals surface area contributed by atoms with E-state index in [0.717, 1.165) is 11.3 Å². The van der Waals surface area contributed by atoms with Crippen LogP contribution in [0.15, 0.2) is 17.7 Å². The molecule has 0 aliphatic rings. The molecule has 1 aromatic rings. The van der Waals surface area contributed by atoms with Crippen LogP contribution in [0.4, 0.5) is 0 Å². The van der Waals surface area contributed by atoms with Crippen LogP contribution < -0.4 is 4.74 Å². The lowest BCUT2D eigenvalue weighted by Gasteiger charge is -2.00. The molecule has 0 aliphatic heterocycles. The fraction of sp³-hybridized carbons (Fsp3) is 0.300. The van der Waals surface area contributed by atoms with Crippen LogP contribution in [0.1, 0.15) is 21.5 Å². The predicted octanol–water partition coefficient (Wildman–Crippen LogP) is 3.14. The van der Waals surface area contributed by atoms with Crippen LogP contribution in [0.3, 0.4) is 0 Å². The molecule has 0 saturated carbocycles. The van der Waals surface area contributed by atoms with Gasteiger partial charge in [0.25, 0.3) is 0 Å². The van der Waals surface area contributed by atoms with E-state index in [1.54, 1.807) is 12.1 Å². The fourth-order valence-electron chi connectivity index (χ4n) is 1.03. The van der Waals surface area contributed by atoms with Gasteiger partial charge in [-0.05, 0) is 18.6 Å². The molecular weight excluding hydrogens is 236 g/mol. The van der Waals surface area contributed by atoms with E-state index in [2.05, 4.69) is 0 Å². The van der Waals surface area contributed by atoms with Gasteiger partial charge in [0, 0.05) is 10.4 Å². The summed E-state index contributed by atoms with van der Waals surface area (Å²) in [6.07, 6.45) is 2.41. The van der Waals surface area contributed by atoms with Gasteiger partial charge in [-0.3, -0.25) is 0 Å². The molecule has 0 radical (unpaired) electrons. The lowest BCUT2D eigenvalue weighted by molar-refractivity contribution is 0.0698. The predicted molar refractivity (Wildman–Crippen MR) is 61.1 cm³/mol. The number of hydrogen-bond acceptors (Lipinski definition) is 3. The number of aryl methyl sites for hydroxylation is 1. The Labute approximate surface area is 96.9 Å². The van der Waals surface area contributed by atoms with Crippen molar-refractivity contribution in [3.63, 3.8) is 0 Å². The minimum Gasteiger partial charge on any atom is -0.488 e. The minimum absolute atomic E-state index is 0.245. The average molecular weight is 247 g/mol. The van der Waals surface area contributed by atoms with Gasteiger partial charge in [-0.25, -0.2) is 4.79 Å². The van der Waals surface area contributed by atoms with E-state index >= 15 is 0 Å². The van der Waals surface area contributed by atoms with Crippen LogP contribution in [0.5, 0.6) is 5.75 Å². The van der Waals surface area contributed by atoms with E-state index in [1.165, 1.54) is 16.9 Å². The van der Waals surface area contributed by atoms with Gasteiger partial charge in [-0.1, -0.05) is 18.5 Å². The molecule has 1 aromatic heterocycles. The van der Waals surface area contributed by atoms with Gasteiger partial charge in [0.1, 0.15) is 12.4 Å². The Morgan fingerprint density at radius 2 is 2.47 bits per heavy atom. The lowest BCUT2D eigenvalue weighted by Crippen LogP contribution is -1.99. The maximum Gasteiger partial charge on any atom is 0.349 e. The molecule has 0 unspecified atom stereocenters. The van der Waals surface area contributed by atoms with E-state index in [0.29, 0.717) is 5.75 Å². The molecule has 5 heteroatoms. The van der Waals surface area contributed by atoms with Crippen molar-refractivity contribution in [3.05, 3.63) is 27.4 Å². The van der Waals surface area contributed by atoms with Gasteiger partial charge in [-0.2, -0.15) is 0 Å². The second-order valence-corrected chi connectivity index (χ2v) is 4.13. The Kier molecular flexibility index (Phi) is 4.65. The minimum atomic E-state index is -0.954. The van der Waals surface area contributed by atoms with Gasteiger partial charge in [0.05, 0.1) is 0 Å². The summed E-state index contributed by atoms with van der Waals surface area (Å²) in [5.74, 6) is -0.538. The first-order valence-electron chi connectivity index (χ1n) is 4.43. The number of carboxylic acids is 1. The van der Waals surface area contributed by atoms with Crippen LogP contribution in [0, 0.1) is 0 Å². The first-order valence-corrected chi connectivity index (χ1v) is 5.68. The third-order valence-electron chi connectivity index (χ3n) is 1.72. The largest absolute Gasteiger partial charge is 0.488 e. The van der Waals surface area contributed by atoms with E-state index < -0.39 is 5.97 Å². The zero-order chi connectivity index (χ0) is 11.3.